The molecule has 0 radical (unpaired) electrons. The van der Waals surface area contributed by atoms with Crippen LogP contribution in [0.25, 0.3) is 21.8 Å². The van der Waals surface area contributed by atoms with Gasteiger partial charge in [0.15, 0.2) is 0 Å². The Hall–Kier alpha value is -2.76. The van der Waals surface area contributed by atoms with E-state index < -0.39 is 6.55 Å². The molecule has 0 amide bonds. The largest absolute Gasteiger partial charge is 0.333 e. The van der Waals surface area contributed by atoms with Gasteiger partial charge in [-0.25, -0.2) is 4.68 Å². The fourth-order valence-electron chi connectivity index (χ4n) is 4.39. The van der Waals surface area contributed by atoms with Crippen molar-refractivity contribution in [3.8, 4) is 0 Å². The van der Waals surface area contributed by atoms with Gasteiger partial charge in [-0.3, -0.25) is 4.68 Å². The van der Waals surface area contributed by atoms with E-state index in [2.05, 4.69) is 60.8 Å². The Labute approximate surface area is 175 Å². The third-order valence-electron chi connectivity index (χ3n) is 6.12. The maximum atomic E-state index is 13.2. The maximum absolute atomic E-state index is 13.2. The second-order valence-electron chi connectivity index (χ2n) is 8.50. The van der Waals surface area contributed by atoms with Crippen molar-refractivity contribution >= 4 is 21.8 Å². The van der Waals surface area contributed by atoms with Crippen LogP contribution < -0.4 is 0 Å². The zero-order chi connectivity index (χ0) is 21.4. The molecule has 0 aliphatic carbocycles. The zero-order valence-corrected chi connectivity index (χ0v) is 17.9. The predicted molar refractivity (Wildman–Crippen MR) is 117 cm³/mol. The Kier molecular flexibility index (Phi) is 5.58. The third kappa shape index (κ3) is 3.59. The van der Waals surface area contributed by atoms with Gasteiger partial charge in [-0.15, -0.1) is 0 Å². The first-order valence-corrected chi connectivity index (χ1v) is 10.6. The minimum absolute atomic E-state index is 0.236. The summed E-state index contributed by atoms with van der Waals surface area (Å²) >= 11 is 0. The molecule has 158 valence electrons. The van der Waals surface area contributed by atoms with Crippen LogP contribution in [-0.4, -0.2) is 19.6 Å². The van der Waals surface area contributed by atoms with Gasteiger partial charge < -0.3 is 0 Å². The highest BCUT2D eigenvalue weighted by atomic mass is 19.3. The van der Waals surface area contributed by atoms with Gasteiger partial charge in [-0.05, 0) is 54.9 Å². The van der Waals surface area contributed by atoms with E-state index in [9.17, 15) is 8.78 Å². The van der Waals surface area contributed by atoms with E-state index in [-0.39, 0.29) is 12.0 Å². The average Bonchev–Trinajstić information content (AvgIpc) is 3.35. The summed E-state index contributed by atoms with van der Waals surface area (Å²) < 4.78 is 29.2. The van der Waals surface area contributed by atoms with E-state index >= 15 is 0 Å². The van der Waals surface area contributed by atoms with Crippen LogP contribution >= 0.6 is 0 Å². The fourth-order valence-corrected chi connectivity index (χ4v) is 4.39. The Morgan fingerprint density at radius 2 is 1.33 bits per heavy atom. The maximum Gasteiger partial charge on any atom is 0.333 e. The molecule has 6 heteroatoms. The summed E-state index contributed by atoms with van der Waals surface area (Å²) in [7, 11) is 0. The normalized spacial score (nSPS) is 14.3. The Morgan fingerprint density at radius 1 is 0.767 bits per heavy atom. The summed E-state index contributed by atoms with van der Waals surface area (Å²) in [6, 6.07) is 12.2. The van der Waals surface area contributed by atoms with E-state index in [0.29, 0.717) is 11.4 Å². The Balaban J connectivity index is 1.53. The molecule has 2 aromatic carbocycles. The van der Waals surface area contributed by atoms with Gasteiger partial charge >= 0.3 is 6.55 Å². The molecule has 30 heavy (non-hydrogen) atoms. The lowest BCUT2D eigenvalue weighted by molar-refractivity contribution is 0.0615. The first-order valence-electron chi connectivity index (χ1n) is 10.6. The van der Waals surface area contributed by atoms with Gasteiger partial charge in [0.25, 0.3) is 0 Å². The van der Waals surface area contributed by atoms with Gasteiger partial charge in [0, 0.05) is 16.8 Å². The summed E-state index contributed by atoms with van der Waals surface area (Å²) in [5, 5.41) is 10.6. The first-order chi connectivity index (χ1) is 14.4. The number of aromatic nitrogens is 4. The van der Waals surface area contributed by atoms with Gasteiger partial charge in [0.05, 0.1) is 23.4 Å². The highest BCUT2D eigenvalue weighted by Gasteiger charge is 2.18. The summed E-state index contributed by atoms with van der Waals surface area (Å²) in [5.41, 5.74) is 4.05. The van der Waals surface area contributed by atoms with E-state index in [4.69, 9.17) is 0 Å². The molecular weight excluding hydrogens is 382 g/mol. The topological polar surface area (TPSA) is 35.6 Å². The molecule has 4 rings (SSSR count). The number of halogens is 2. The summed E-state index contributed by atoms with van der Waals surface area (Å²) in [4.78, 5) is 0. The number of alkyl halides is 2. The predicted octanol–water partition coefficient (Wildman–Crippen LogP) is 7.05. The second kappa shape index (κ2) is 8.17. The highest BCUT2D eigenvalue weighted by molar-refractivity contribution is 5.83. The average molecular weight is 411 g/mol. The van der Waals surface area contributed by atoms with Gasteiger partial charge in [-0.2, -0.15) is 19.0 Å². The monoisotopic (exact) mass is 410 g/mol. The lowest BCUT2D eigenvalue weighted by atomic mass is 9.92. The number of hydrogen-bond donors (Lipinski definition) is 0. The lowest BCUT2D eigenvalue weighted by Gasteiger charge is -2.18. The van der Waals surface area contributed by atoms with Crippen LogP contribution in [0.2, 0.25) is 0 Å². The molecule has 4 aromatic rings. The molecule has 2 aromatic heterocycles. The number of hydrogen-bond acceptors (Lipinski definition) is 2. The van der Waals surface area contributed by atoms with Gasteiger partial charge in [-0.1, -0.05) is 45.0 Å². The first kappa shape index (κ1) is 20.5. The molecule has 0 spiro atoms. The Bertz CT molecular complexity index is 1160. The summed E-state index contributed by atoms with van der Waals surface area (Å²) in [6.45, 7) is 6.12. The molecule has 0 N–H and O–H groups in total. The second-order valence-corrected chi connectivity index (χ2v) is 8.50. The summed E-state index contributed by atoms with van der Waals surface area (Å²) in [5.74, 6) is 0.691. The van der Waals surface area contributed by atoms with Gasteiger partial charge in [0.2, 0.25) is 0 Å². The van der Waals surface area contributed by atoms with Crippen molar-refractivity contribution in [3.63, 3.8) is 0 Å². The number of nitrogens with zero attached hydrogens (tertiary/aromatic N) is 4. The molecule has 2 atom stereocenters. The SMILES string of the molecule is CC(C)c1cccc2c1cnn2C(C)CCC(C)c1cccc2c1cnn2C(F)F. The van der Waals surface area contributed by atoms with Crippen molar-refractivity contribution in [2.75, 3.05) is 0 Å². The molecule has 0 aliphatic heterocycles. The van der Waals surface area contributed by atoms with Gasteiger partial charge in [0.1, 0.15) is 0 Å². The van der Waals surface area contributed by atoms with Crippen LogP contribution in [0.4, 0.5) is 8.78 Å². The molecule has 0 fully saturated rings. The van der Waals surface area contributed by atoms with Crippen molar-refractivity contribution in [1.82, 2.24) is 19.6 Å². The van der Waals surface area contributed by atoms with Crippen LogP contribution in [0.1, 0.15) is 76.1 Å². The smallest absolute Gasteiger partial charge is 0.262 e. The summed E-state index contributed by atoms with van der Waals surface area (Å²) in [6.07, 6.45) is 5.42. The zero-order valence-electron chi connectivity index (χ0n) is 17.9. The molecule has 0 bridgehead atoms. The number of benzene rings is 2. The molecule has 2 unspecified atom stereocenters. The van der Waals surface area contributed by atoms with Crippen LogP contribution in [0.3, 0.4) is 0 Å². The van der Waals surface area contributed by atoms with Crippen molar-refractivity contribution < 1.29 is 8.78 Å². The van der Waals surface area contributed by atoms with Crippen LogP contribution in [0.15, 0.2) is 48.8 Å². The van der Waals surface area contributed by atoms with Crippen LogP contribution in [0, 0.1) is 0 Å². The van der Waals surface area contributed by atoms with E-state index in [1.165, 1.54) is 16.5 Å². The standard InChI is InChI=1S/C24H28F2N4/c1-15(2)18-7-5-9-22-20(18)13-27-29(22)17(4)12-11-16(3)19-8-6-10-23-21(19)14-28-30(23)24(25)26/h5-10,13-17,24H,11-12H2,1-4H3. The van der Waals surface area contributed by atoms with Crippen molar-refractivity contribution in [3.05, 3.63) is 59.9 Å². The van der Waals surface area contributed by atoms with Crippen LogP contribution in [0.5, 0.6) is 0 Å². The highest BCUT2D eigenvalue weighted by Crippen LogP contribution is 2.33. The molecule has 4 nitrogen and oxygen atoms in total. The molecule has 0 saturated carbocycles. The van der Waals surface area contributed by atoms with Crippen molar-refractivity contribution in [1.29, 1.82) is 0 Å². The molecule has 2 heterocycles. The molecular formula is C24H28F2N4. The minimum atomic E-state index is -2.63. The van der Waals surface area contributed by atoms with Crippen LogP contribution in [-0.2, 0) is 0 Å². The lowest BCUT2D eigenvalue weighted by Crippen LogP contribution is -2.08. The molecule has 0 aliphatic rings. The third-order valence-corrected chi connectivity index (χ3v) is 6.12. The minimum Gasteiger partial charge on any atom is -0.262 e. The fraction of sp³-hybridized carbons (Fsp3) is 0.417. The van der Waals surface area contributed by atoms with E-state index in [0.717, 1.165) is 28.5 Å². The number of fused-ring (bicyclic) bond motifs is 2. The van der Waals surface area contributed by atoms with E-state index in [1.807, 2.05) is 18.3 Å². The Morgan fingerprint density at radius 3 is 1.97 bits per heavy atom. The van der Waals surface area contributed by atoms with Crippen molar-refractivity contribution in [2.24, 2.45) is 0 Å². The number of rotatable bonds is 7. The van der Waals surface area contributed by atoms with Crippen molar-refractivity contribution in [2.45, 2.75) is 65.0 Å². The van der Waals surface area contributed by atoms with E-state index in [1.54, 1.807) is 12.3 Å². The molecule has 0 saturated heterocycles. The quantitative estimate of drug-likeness (QED) is 0.327.